The van der Waals surface area contributed by atoms with Gasteiger partial charge in [-0.3, -0.25) is 9.59 Å². The molecule has 0 aromatic rings. The van der Waals surface area contributed by atoms with Crippen LogP contribution in [0.3, 0.4) is 0 Å². The minimum atomic E-state index is -0.592. The molecule has 0 aliphatic carbocycles. The first kappa shape index (κ1) is 7.96. The molecule has 0 spiro atoms. The van der Waals surface area contributed by atoms with Crippen molar-refractivity contribution in [3.63, 3.8) is 0 Å². The molecule has 1 radical (unpaired) electrons. The van der Waals surface area contributed by atoms with Gasteiger partial charge in [0.2, 0.25) is 5.91 Å². The van der Waals surface area contributed by atoms with Crippen molar-refractivity contribution in [2.45, 2.75) is 0 Å². The fourth-order valence-electron chi connectivity index (χ4n) is 0.233. The van der Waals surface area contributed by atoms with Crippen LogP contribution in [0.15, 0.2) is 0 Å². The van der Waals surface area contributed by atoms with Gasteiger partial charge in [0.25, 0.3) is 0 Å². The minimum absolute atomic E-state index is 0.174. The maximum Gasteiger partial charge on any atom is 0.323 e. The molecule has 0 aliphatic heterocycles. The van der Waals surface area contributed by atoms with Crippen LogP contribution in [0.25, 0.3) is 0 Å². The predicted molar refractivity (Wildman–Crippen MR) is 32.5 cm³/mol. The van der Waals surface area contributed by atoms with E-state index in [1.54, 1.807) is 0 Å². The second-order valence-corrected chi connectivity index (χ2v) is 1.35. The van der Waals surface area contributed by atoms with Gasteiger partial charge >= 0.3 is 7.41 Å². The summed E-state index contributed by atoms with van der Waals surface area (Å²) in [4.78, 5) is 20.2. The van der Waals surface area contributed by atoms with Crippen LogP contribution < -0.4 is 16.7 Å². The molecule has 0 unspecified atom stereocenters. The maximum atomic E-state index is 10.2. The fourth-order valence-corrected chi connectivity index (χ4v) is 0.233. The van der Waals surface area contributed by atoms with Crippen LogP contribution in [0.1, 0.15) is 0 Å². The van der Waals surface area contributed by atoms with E-state index in [1.807, 2.05) is 0 Å². The predicted octanol–water partition coefficient (Wildman–Crippen LogP) is -2.24. The number of hydrogen-bond donors (Lipinski definition) is 3. The molecule has 2 amide bonds. The van der Waals surface area contributed by atoms with Gasteiger partial charge in [-0.15, -0.1) is 0 Å². The Labute approximate surface area is 53.0 Å². The second kappa shape index (κ2) is 3.91. The second-order valence-electron chi connectivity index (χ2n) is 1.35. The van der Waals surface area contributed by atoms with Crippen LogP contribution in [0, 0.1) is 0 Å². The molecule has 0 bridgehead atoms. The number of amides is 2. The lowest BCUT2D eigenvalue weighted by Crippen LogP contribution is -2.37. The Morgan fingerprint density at radius 2 is 2.11 bits per heavy atom. The zero-order valence-corrected chi connectivity index (χ0v) is 4.76. The van der Waals surface area contributed by atoms with Crippen molar-refractivity contribution in [2.75, 3.05) is 6.54 Å². The lowest BCUT2D eigenvalue weighted by atomic mass is 9.96. The van der Waals surface area contributed by atoms with Crippen molar-refractivity contribution in [1.29, 1.82) is 0 Å². The van der Waals surface area contributed by atoms with E-state index in [4.69, 9.17) is 5.64 Å². The lowest BCUT2D eigenvalue weighted by molar-refractivity contribution is -0.117. The maximum absolute atomic E-state index is 10.2. The largest absolute Gasteiger partial charge is 0.368 e. The molecular weight excluding hydrogens is 121 g/mol. The van der Waals surface area contributed by atoms with Gasteiger partial charge < -0.3 is 16.7 Å². The Kier molecular flexibility index (Phi) is 3.46. The Balaban J connectivity index is 3.28. The zero-order valence-electron chi connectivity index (χ0n) is 4.76. The average Bonchev–Trinajstić information content (AvgIpc) is 1.83. The molecule has 9 heavy (non-hydrogen) atoms. The van der Waals surface area contributed by atoms with Gasteiger partial charge in [-0.1, -0.05) is 0 Å². The van der Waals surface area contributed by atoms with Crippen molar-refractivity contribution in [3.8, 4) is 0 Å². The van der Waals surface area contributed by atoms with Gasteiger partial charge in [0.05, 0.1) is 6.54 Å². The van der Waals surface area contributed by atoms with E-state index in [-0.39, 0.29) is 6.54 Å². The summed E-state index contributed by atoms with van der Waals surface area (Å²) < 4.78 is 0. The average molecular weight is 128 g/mol. The zero-order chi connectivity index (χ0) is 7.28. The van der Waals surface area contributed by atoms with Gasteiger partial charge in [0, 0.05) is 0 Å². The van der Waals surface area contributed by atoms with E-state index in [0.29, 0.717) is 0 Å². The summed E-state index contributed by atoms with van der Waals surface area (Å²) >= 11 is 0. The summed E-state index contributed by atoms with van der Waals surface area (Å²) in [7, 11) is 0.822. The highest BCUT2D eigenvalue weighted by atomic mass is 16.2. The third kappa shape index (κ3) is 4.83. The molecule has 5 N–H and O–H groups in total. The number of primary amides is 1. The quantitative estimate of drug-likeness (QED) is 0.374. The number of rotatable bonds is 3. The molecular formula is C3H7BN3O2. The molecule has 0 aromatic heterocycles. The summed E-state index contributed by atoms with van der Waals surface area (Å²) in [6.07, 6.45) is 0. The van der Waals surface area contributed by atoms with E-state index in [2.05, 4.69) is 11.1 Å². The van der Waals surface area contributed by atoms with Gasteiger partial charge in [-0.05, 0) is 0 Å². The molecule has 6 heteroatoms. The highest BCUT2D eigenvalue weighted by Gasteiger charge is 1.99. The van der Waals surface area contributed by atoms with E-state index >= 15 is 0 Å². The molecule has 0 fully saturated rings. The van der Waals surface area contributed by atoms with Crippen molar-refractivity contribution < 1.29 is 9.59 Å². The van der Waals surface area contributed by atoms with E-state index in [1.165, 1.54) is 0 Å². The van der Waals surface area contributed by atoms with Gasteiger partial charge in [-0.25, -0.2) is 0 Å². The first-order chi connectivity index (χ1) is 4.16. The van der Waals surface area contributed by atoms with Crippen LogP contribution in [-0.2, 0) is 4.79 Å². The van der Waals surface area contributed by atoms with Crippen LogP contribution in [0.4, 0.5) is 4.79 Å². The van der Waals surface area contributed by atoms with Crippen molar-refractivity contribution in [3.05, 3.63) is 0 Å². The minimum Gasteiger partial charge on any atom is -0.368 e. The summed E-state index contributed by atoms with van der Waals surface area (Å²) in [5.74, 6) is -1.10. The molecule has 0 atom stereocenters. The highest BCUT2D eigenvalue weighted by molar-refractivity contribution is 6.70. The molecule has 0 rings (SSSR count). The molecule has 0 heterocycles. The van der Waals surface area contributed by atoms with Gasteiger partial charge in [0.15, 0.2) is 5.81 Å². The first-order valence-corrected chi connectivity index (χ1v) is 2.28. The number of carbonyl (C=O) groups excluding carboxylic acids is 2. The first-order valence-electron chi connectivity index (χ1n) is 2.28. The Bertz CT molecular complexity index is 126. The normalized spacial score (nSPS) is 8.11. The summed E-state index contributed by atoms with van der Waals surface area (Å²) in [5.41, 5.74) is 9.46. The fraction of sp³-hybridized carbons (Fsp3) is 0.333. The van der Waals surface area contributed by atoms with Crippen LogP contribution in [-0.4, -0.2) is 25.7 Å². The topological polar surface area (TPSA) is 98.2 Å². The van der Waals surface area contributed by atoms with Crippen LogP contribution in [0.5, 0.6) is 0 Å². The molecule has 49 valence electrons. The van der Waals surface area contributed by atoms with E-state index in [9.17, 15) is 9.59 Å². The third-order valence-electron chi connectivity index (χ3n) is 0.588. The molecule has 0 saturated carbocycles. The Hall–Kier alpha value is -1.04. The van der Waals surface area contributed by atoms with Crippen molar-refractivity contribution >= 4 is 19.1 Å². The highest BCUT2D eigenvalue weighted by Crippen LogP contribution is 1.60. The van der Waals surface area contributed by atoms with Crippen molar-refractivity contribution in [1.82, 2.24) is 5.32 Å². The molecule has 0 saturated heterocycles. The number of nitrogens with two attached hydrogens (primary N) is 2. The van der Waals surface area contributed by atoms with Crippen LogP contribution in [0.2, 0.25) is 0 Å². The Morgan fingerprint density at radius 1 is 1.56 bits per heavy atom. The SMILES string of the molecule is N[B]C(=O)NCC(N)=O. The molecule has 5 nitrogen and oxygen atoms in total. The Morgan fingerprint density at radius 3 is 2.44 bits per heavy atom. The lowest BCUT2D eigenvalue weighted by Gasteiger charge is -1.96. The number of nitrogens with one attached hydrogen (secondary N) is 1. The third-order valence-corrected chi connectivity index (χ3v) is 0.588. The standard InChI is InChI=1S/C3H7BN3O2/c5-2(8)1-7-3(9)4-6/h1,6H2,(H2,5,8)(H,7,9). The monoisotopic (exact) mass is 128 g/mol. The summed E-state index contributed by atoms with van der Waals surface area (Å²) in [5, 5.41) is 2.14. The summed E-state index contributed by atoms with van der Waals surface area (Å²) in [6, 6.07) is 0. The smallest absolute Gasteiger partial charge is 0.323 e. The van der Waals surface area contributed by atoms with Gasteiger partial charge in [-0.2, -0.15) is 0 Å². The van der Waals surface area contributed by atoms with Gasteiger partial charge in [0.1, 0.15) is 0 Å². The van der Waals surface area contributed by atoms with Crippen molar-refractivity contribution in [2.24, 2.45) is 11.4 Å². The van der Waals surface area contributed by atoms with E-state index < -0.39 is 11.7 Å². The summed E-state index contributed by atoms with van der Waals surface area (Å²) in [6.45, 7) is -0.174. The number of carbonyl (C=O) groups is 2. The van der Waals surface area contributed by atoms with Crippen LogP contribution >= 0.6 is 0 Å². The van der Waals surface area contributed by atoms with E-state index in [0.717, 1.165) is 7.41 Å². The number of hydrogen-bond acceptors (Lipinski definition) is 3. The molecule has 0 aliphatic rings. The molecule has 0 aromatic carbocycles.